The van der Waals surface area contributed by atoms with Gasteiger partial charge in [0.15, 0.2) is 0 Å². The van der Waals surface area contributed by atoms with Gasteiger partial charge in [-0.1, -0.05) is 11.6 Å². The molecule has 1 spiro atoms. The number of halogens is 1. The van der Waals surface area contributed by atoms with Crippen molar-refractivity contribution in [1.29, 1.82) is 0 Å². The van der Waals surface area contributed by atoms with Gasteiger partial charge in [-0.05, 0) is 64.3 Å². The van der Waals surface area contributed by atoms with Crippen molar-refractivity contribution < 1.29 is 14.6 Å². The van der Waals surface area contributed by atoms with Crippen LogP contribution in [-0.4, -0.2) is 40.5 Å². The molecular formula is C18H25ClN2O3. The van der Waals surface area contributed by atoms with E-state index in [1.54, 1.807) is 6.07 Å². The molecule has 0 aromatic heterocycles. The van der Waals surface area contributed by atoms with Gasteiger partial charge in [0, 0.05) is 23.3 Å². The molecule has 3 unspecified atom stereocenters. The average molecular weight is 353 g/mol. The molecule has 2 N–H and O–H groups in total. The van der Waals surface area contributed by atoms with Gasteiger partial charge in [0.1, 0.15) is 0 Å². The SMILES string of the molecule is CC1CC2(CCN1C(O)OC(C)(C)C)C(=O)Nc1ccc(Cl)cc12. The number of hydrogen-bond acceptors (Lipinski definition) is 4. The van der Waals surface area contributed by atoms with Crippen molar-refractivity contribution in [2.75, 3.05) is 11.9 Å². The van der Waals surface area contributed by atoms with Crippen LogP contribution in [-0.2, 0) is 14.9 Å². The van der Waals surface area contributed by atoms with E-state index in [0.717, 1.165) is 11.3 Å². The zero-order valence-electron chi connectivity index (χ0n) is 14.6. The molecule has 6 heteroatoms. The molecule has 2 aliphatic heterocycles. The number of aliphatic hydroxyl groups excluding tert-OH is 1. The predicted octanol–water partition coefficient (Wildman–Crippen LogP) is 3.11. The number of fused-ring (bicyclic) bond motifs is 2. The zero-order chi connectivity index (χ0) is 17.7. The fourth-order valence-corrected chi connectivity index (χ4v) is 3.98. The Hall–Kier alpha value is -1.14. The Labute approximate surface area is 147 Å². The minimum atomic E-state index is -0.972. The Bertz CT molecular complexity index is 658. The number of carbonyl (C=O) groups excluding carboxylic acids is 1. The summed E-state index contributed by atoms with van der Waals surface area (Å²) in [6, 6.07) is 5.55. The molecular weight excluding hydrogens is 328 g/mol. The van der Waals surface area contributed by atoms with Crippen LogP contribution in [0.3, 0.4) is 0 Å². The van der Waals surface area contributed by atoms with Gasteiger partial charge in [-0.15, -0.1) is 0 Å². The summed E-state index contributed by atoms with van der Waals surface area (Å²) in [4.78, 5) is 14.6. The second kappa shape index (κ2) is 5.99. The molecule has 5 nitrogen and oxygen atoms in total. The monoisotopic (exact) mass is 352 g/mol. The van der Waals surface area contributed by atoms with E-state index in [-0.39, 0.29) is 11.9 Å². The molecule has 1 amide bonds. The molecule has 2 heterocycles. The third-order valence-electron chi connectivity index (χ3n) is 4.93. The van der Waals surface area contributed by atoms with Crippen molar-refractivity contribution in [3.63, 3.8) is 0 Å². The highest BCUT2D eigenvalue weighted by atomic mass is 35.5. The van der Waals surface area contributed by atoms with Crippen molar-refractivity contribution in [3.8, 4) is 0 Å². The van der Waals surface area contributed by atoms with Crippen LogP contribution in [0.5, 0.6) is 0 Å². The van der Waals surface area contributed by atoms with Crippen LogP contribution >= 0.6 is 11.6 Å². The van der Waals surface area contributed by atoms with Crippen molar-refractivity contribution in [3.05, 3.63) is 28.8 Å². The van der Waals surface area contributed by atoms with Gasteiger partial charge in [-0.25, -0.2) is 0 Å². The topological polar surface area (TPSA) is 61.8 Å². The smallest absolute Gasteiger partial charge is 0.235 e. The maximum absolute atomic E-state index is 12.7. The standard InChI is InChI=1S/C18H25ClN2O3/c1-11-10-18(7-8-21(11)16(23)24-17(2,3)4)13-9-12(19)5-6-14(13)20-15(18)22/h5-6,9,11,16,23H,7-8,10H2,1-4H3,(H,20,22). The Balaban J connectivity index is 1.83. The summed E-state index contributed by atoms with van der Waals surface area (Å²) in [7, 11) is 0. The molecule has 0 aliphatic carbocycles. The number of ether oxygens (including phenoxy) is 1. The van der Waals surface area contributed by atoms with Crippen molar-refractivity contribution >= 4 is 23.2 Å². The second-order valence-corrected chi connectivity index (χ2v) is 8.26. The van der Waals surface area contributed by atoms with Gasteiger partial charge < -0.3 is 15.2 Å². The largest absolute Gasteiger partial charge is 0.356 e. The van der Waals surface area contributed by atoms with E-state index in [0.29, 0.717) is 24.4 Å². The molecule has 0 radical (unpaired) electrons. The number of hydrogen-bond donors (Lipinski definition) is 2. The molecule has 3 atom stereocenters. The van der Waals surface area contributed by atoms with Gasteiger partial charge in [-0.2, -0.15) is 0 Å². The number of likely N-dealkylation sites (tertiary alicyclic amines) is 1. The van der Waals surface area contributed by atoms with Crippen LogP contribution in [0, 0.1) is 0 Å². The fourth-order valence-electron chi connectivity index (χ4n) is 3.81. The number of anilines is 1. The molecule has 0 saturated carbocycles. The third-order valence-corrected chi connectivity index (χ3v) is 5.16. The zero-order valence-corrected chi connectivity index (χ0v) is 15.4. The van der Waals surface area contributed by atoms with Crippen molar-refractivity contribution in [2.24, 2.45) is 0 Å². The normalized spacial score (nSPS) is 28.8. The Kier molecular flexibility index (Phi) is 4.41. The molecule has 132 valence electrons. The van der Waals surface area contributed by atoms with E-state index in [9.17, 15) is 9.90 Å². The molecule has 0 bridgehead atoms. The summed E-state index contributed by atoms with van der Waals surface area (Å²) in [6.07, 6.45) is 0.276. The Morgan fingerprint density at radius 2 is 2.17 bits per heavy atom. The minimum Gasteiger partial charge on any atom is -0.356 e. The Morgan fingerprint density at radius 3 is 2.79 bits per heavy atom. The lowest BCUT2D eigenvalue weighted by atomic mass is 9.71. The fraction of sp³-hybridized carbons (Fsp3) is 0.611. The van der Waals surface area contributed by atoms with Gasteiger partial charge in [0.2, 0.25) is 12.3 Å². The quantitative estimate of drug-likeness (QED) is 0.803. The molecule has 2 aliphatic rings. The van der Waals surface area contributed by atoms with Gasteiger partial charge in [0.25, 0.3) is 0 Å². The van der Waals surface area contributed by atoms with Crippen LogP contribution in [0.2, 0.25) is 5.02 Å². The highest BCUT2D eigenvalue weighted by Crippen LogP contribution is 2.47. The highest BCUT2D eigenvalue weighted by Gasteiger charge is 2.51. The lowest BCUT2D eigenvalue weighted by Crippen LogP contribution is -2.55. The van der Waals surface area contributed by atoms with E-state index in [4.69, 9.17) is 16.3 Å². The number of carbonyl (C=O) groups is 1. The molecule has 3 rings (SSSR count). The lowest BCUT2D eigenvalue weighted by molar-refractivity contribution is -0.253. The first-order valence-electron chi connectivity index (χ1n) is 8.35. The number of piperidine rings is 1. The lowest BCUT2D eigenvalue weighted by Gasteiger charge is -2.45. The first-order valence-corrected chi connectivity index (χ1v) is 8.73. The van der Waals surface area contributed by atoms with E-state index >= 15 is 0 Å². The van der Waals surface area contributed by atoms with Gasteiger partial charge in [0.05, 0.1) is 11.0 Å². The Morgan fingerprint density at radius 1 is 1.46 bits per heavy atom. The molecule has 1 fully saturated rings. The summed E-state index contributed by atoms with van der Waals surface area (Å²) in [5.74, 6) is 0.0255. The van der Waals surface area contributed by atoms with E-state index in [1.807, 2.05) is 44.7 Å². The third kappa shape index (κ3) is 3.06. The van der Waals surface area contributed by atoms with Gasteiger partial charge >= 0.3 is 0 Å². The van der Waals surface area contributed by atoms with Crippen LogP contribution in [0.25, 0.3) is 0 Å². The average Bonchev–Trinajstić information content (AvgIpc) is 2.70. The molecule has 24 heavy (non-hydrogen) atoms. The highest BCUT2D eigenvalue weighted by molar-refractivity contribution is 6.31. The van der Waals surface area contributed by atoms with Crippen LogP contribution in [0.4, 0.5) is 5.69 Å². The van der Waals surface area contributed by atoms with E-state index < -0.39 is 17.4 Å². The number of rotatable bonds is 2. The van der Waals surface area contributed by atoms with Crippen LogP contribution in [0.1, 0.15) is 46.1 Å². The minimum absolute atomic E-state index is 0.00628. The van der Waals surface area contributed by atoms with Crippen LogP contribution in [0.15, 0.2) is 18.2 Å². The van der Waals surface area contributed by atoms with E-state index in [1.165, 1.54) is 0 Å². The summed E-state index contributed by atoms with van der Waals surface area (Å²) in [5.41, 5.74) is 0.811. The van der Waals surface area contributed by atoms with Crippen molar-refractivity contribution in [1.82, 2.24) is 4.90 Å². The van der Waals surface area contributed by atoms with Gasteiger partial charge in [-0.3, -0.25) is 9.69 Å². The number of aliphatic hydroxyl groups is 1. The summed E-state index contributed by atoms with van der Waals surface area (Å²) >= 11 is 6.15. The molecule has 1 saturated heterocycles. The maximum atomic E-state index is 12.7. The molecule has 1 aromatic carbocycles. The number of amides is 1. The van der Waals surface area contributed by atoms with Crippen molar-refractivity contribution in [2.45, 2.75) is 64.0 Å². The first kappa shape index (κ1) is 17.7. The number of benzene rings is 1. The van der Waals surface area contributed by atoms with Crippen LogP contribution < -0.4 is 5.32 Å². The molecule has 1 aromatic rings. The second-order valence-electron chi connectivity index (χ2n) is 7.82. The number of nitrogens with zero attached hydrogens (tertiary/aromatic N) is 1. The summed E-state index contributed by atoms with van der Waals surface area (Å²) < 4.78 is 5.67. The number of nitrogens with one attached hydrogen (secondary N) is 1. The summed E-state index contributed by atoms with van der Waals surface area (Å²) in [5, 5.41) is 14.0. The van der Waals surface area contributed by atoms with E-state index in [2.05, 4.69) is 5.32 Å². The summed E-state index contributed by atoms with van der Waals surface area (Å²) in [6.45, 7) is 8.34. The first-order chi connectivity index (χ1) is 11.1. The maximum Gasteiger partial charge on any atom is 0.235 e. The predicted molar refractivity (Wildman–Crippen MR) is 94.0 cm³/mol.